The molecule has 0 bridgehead atoms. The molecule has 3 atom stereocenters. The highest BCUT2D eigenvalue weighted by Gasteiger charge is 2.22. The average Bonchev–Trinajstić information content (AvgIpc) is 3.32. The maximum absolute atomic E-state index is 12.5. The fourth-order valence-corrected chi connectivity index (χ4v) is 9.60. The highest BCUT2D eigenvalue weighted by Crippen LogP contribution is 2.18. The number of amides is 1. The van der Waals surface area contributed by atoms with Gasteiger partial charge in [-0.25, -0.2) is 0 Å². The van der Waals surface area contributed by atoms with Gasteiger partial charge >= 0.3 is 0 Å². The number of nitrogens with one attached hydrogen (secondary N) is 1. The number of allylic oxidation sites excluding steroid dienone is 3. The Morgan fingerprint density at radius 2 is 0.606 bits per heavy atom. The molecule has 5 nitrogen and oxygen atoms in total. The third-order valence-corrected chi connectivity index (χ3v) is 14.3. The van der Waals surface area contributed by atoms with Crippen molar-refractivity contribution >= 4 is 5.91 Å². The quantitative estimate of drug-likeness (QED) is 0.0361. The van der Waals surface area contributed by atoms with Gasteiger partial charge < -0.3 is 20.6 Å². The van der Waals surface area contributed by atoms with Gasteiger partial charge in [0, 0.05) is 0 Å². The summed E-state index contributed by atoms with van der Waals surface area (Å²) in [5.74, 6) is -0.498. The number of carbonyl (C=O) groups excluding carboxylic acids is 1. The molecule has 0 saturated carbocycles. The van der Waals surface area contributed by atoms with Gasteiger partial charge in [0.15, 0.2) is 0 Å². The first-order chi connectivity index (χ1) is 32.6. The minimum Gasteiger partial charge on any atom is -0.394 e. The zero-order chi connectivity index (χ0) is 47.9. The van der Waals surface area contributed by atoms with Crippen LogP contribution in [0.25, 0.3) is 0 Å². The molecule has 0 aliphatic rings. The molecule has 0 rings (SSSR count). The standard InChI is InChI=1S/C61H119NO4/c1-3-5-7-9-11-13-15-17-19-21-22-23-24-25-26-27-28-29-30-31-32-33-34-35-36-37-38-39-40-42-44-46-48-50-52-54-56-60(65)61(66)62-58(57-63)59(64)55-53-51-49-47-45-43-41-20-18-16-14-12-10-8-6-4-2/h29-30,53,55,58-60,63-65H,3-28,31-52,54,56-57H2,1-2H3,(H,62,66)/b30-29-,55-53+. The summed E-state index contributed by atoms with van der Waals surface area (Å²) in [5.41, 5.74) is 0. The Balaban J connectivity index is 3.47. The fourth-order valence-electron chi connectivity index (χ4n) is 9.60. The number of unbranched alkanes of at least 4 members (excludes halogenated alkanes) is 46. The largest absolute Gasteiger partial charge is 0.394 e. The van der Waals surface area contributed by atoms with Crippen molar-refractivity contribution in [2.75, 3.05) is 6.61 Å². The van der Waals surface area contributed by atoms with Crippen LogP contribution in [-0.2, 0) is 4.79 Å². The van der Waals surface area contributed by atoms with Gasteiger partial charge in [-0.15, -0.1) is 0 Å². The van der Waals surface area contributed by atoms with E-state index in [4.69, 9.17) is 0 Å². The van der Waals surface area contributed by atoms with Gasteiger partial charge in [0.05, 0.1) is 18.8 Å². The summed E-state index contributed by atoms with van der Waals surface area (Å²) in [4.78, 5) is 12.5. The molecule has 5 heteroatoms. The molecule has 0 aromatic rings. The Hall–Kier alpha value is -1.17. The van der Waals surface area contributed by atoms with Gasteiger partial charge in [-0.3, -0.25) is 4.79 Å². The molecular weight excluding hydrogens is 811 g/mol. The summed E-state index contributed by atoms with van der Waals surface area (Å²) in [6.45, 7) is 4.22. The zero-order valence-electron chi connectivity index (χ0n) is 44.9. The van der Waals surface area contributed by atoms with E-state index in [1.54, 1.807) is 6.08 Å². The van der Waals surface area contributed by atoms with Crippen molar-refractivity contribution in [3.05, 3.63) is 24.3 Å². The monoisotopic (exact) mass is 930 g/mol. The summed E-state index contributed by atoms with van der Waals surface area (Å²) in [6, 6.07) is -0.796. The number of aliphatic hydroxyl groups excluding tert-OH is 3. The van der Waals surface area contributed by atoms with Crippen LogP contribution in [0, 0.1) is 0 Å². The molecule has 0 fully saturated rings. The lowest BCUT2D eigenvalue weighted by Crippen LogP contribution is -2.48. The second kappa shape index (κ2) is 56.4. The van der Waals surface area contributed by atoms with E-state index < -0.39 is 24.2 Å². The normalized spacial score (nSPS) is 13.3. The molecule has 0 radical (unpaired) electrons. The number of carbonyl (C=O) groups is 1. The molecule has 4 N–H and O–H groups in total. The lowest BCUT2D eigenvalue weighted by Gasteiger charge is -2.21. The van der Waals surface area contributed by atoms with E-state index in [0.717, 1.165) is 32.1 Å². The summed E-state index contributed by atoms with van der Waals surface area (Å²) < 4.78 is 0. The highest BCUT2D eigenvalue weighted by atomic mass is 16.3. The van der Waals surface area contributed by atoms with Crippen LogP contribution < -0.4 is 5.32 Å². The smallest absolute Gasteiger partial charge is 0.249 e. The zero-order valence-corrected chi connectivity index (χ0v) is 44.9. The molecule has 3 unspecified atom stereocenters. The van der Waals surface area contributed by atoms with E-state index in [1.165, 1.54) is 283 Å². The summed E-state index contributed by atoms with van der Waals surface area (Å²) in [7, 11) is 0. The topological polar surface area (TPSA) is 89.8 Å². The number of aliphatic hydroxyl groups is 3. The minimum absolute atomic E-state index is 0.360. The first kappa shape index (κ1) is 64.8. The van der Waals surface area contributed by atoms with Crippen molar-refractivity contribution in [3.8, 4) is 0 Å². The van der Waals surface area contributed by atoms with E-state index in [9.17, 15) is 20.1 Å². The van der Waals surface area contributed by atoms with Gasteiger partial charge in [-0.1, -0.05) is 314 Å². The Morgan fingerprint density at radius 3 is 0.879 bits per heavy atom. The second-order valence-electron chi connectivity index (χ2n) is 20.9. The van der Waals surface area contributed by atoms with Gasteiger partial charge in [0.25, 0.3) is 0 Å². The molecule has 0 saturated heterocycles. The molecular formula is C61H119NO4. The van der Waals surface area contributed by atoms with Crippen LogP contribution in [-0.4, -0.2) is 46.1 Å². The van der Waals surface area contributed by atoms with Crippen LogP contribution in [0.3, 0.4) is 0 Å². The van der Waals surface area contributed by atoms with Crippen molar-refractivity contribution < 1.29 is 20.1 Å². The Bertz CT molecular complexity index is 982. The lowest BCUT2D eigenvalue weighted by atomic mass is 10.0. The van der Waals surface area contributed by atoms with Crippen LogP contribution in [0.2, 0.25) is 0 Å². The third kappa shape index (κ3) is 50.7. The van der Waals surface area contributed by atoms with Crippen LogP contribution in [0.4, 0.5) is 0 Å². The van der Waals surface area contributed by atoms with Gasteiger partial charge in [-0.05, 0) is 44.9 Å². The SMILES string of the molecule is CCCCCCCCCCCCCCCC/C=C/C(O)C(CO)NC(=O)C(O)CCCCCCCCCCCCCCCCCC/C=C\CCCCCCCCCCCCCCCCCC. The summed E-state index contributed by atoms with van der Waals surface area (Å²) in [5, 5.41) is 33.4. The first-order valence-corrected chi connectivity index (χ1v) is 30.2. The van der Waals surface area contributed by atoms with Gasteiger partial charge in [0.1, 0.15) is 6.10 Å². The number of rotatable bonds is 56. The highest BCUT2D eigenvalue weighted by molar-refractivity contribution is 5.80. The molecule has 0 aliphatic carbocycles. The molecule has 0 spiro atoms. The fraction of sp³-hybridized carbons (Fsp3) is 0.918. The number of hydrogen-bond donors (Lipinski definition) is 4. The van der Waals surface area contributed by atoms with E-state index in [0.29, 0.717) is 6.42 Å². The van der Waals surface area contributed by atoms with Crippen molar-refractivity contribution in [2.45, 2.75) is 353 Å². The van der Waals surface area contributed by atoms with Crippen LogP contribution in [0.1, 0.15) is 335 Å². The summed E-state index contributed by atoms with van der Waals surface area (Å²) >= 11 is 0. The van der Waals surface area contributed by atoms with Crippen molar-refractivity contribution in [1.82, 2.24) is 5.32 Å². The molecule has 0 aromatic heterocycles. The predicted octanol–water partition coefficient (Wildman–Crippen LogP) is 18.8. The molecule has 0 heterocycles. The molecule has 392 valence electrons. The molecule has 0 aromatic carbocycles. The Labute approximate surface area is 413 Å². The van der Waals surface area contributed by atoms with Gasteiger partial charge in [-0.2, -0.15) is 0 Å². The van der Waals surface area contributed by atoms with Gasteiger partial charge in [0.2, 0.25) is 5.91 Å². The Morgan fingerprint density at radius 1 is 0.364 bits per heavy atom. The maximum atomic E-state index is 12.5. The third-order valence-electron chi connectivity index (χ3n) is 14.3. The second-order valence-corrected chi connectivity index (χ2v) is 20.9. The van der Waals surface area contributed by atoms with Crippen molar-refractivity contribution in [1.29, 1.82) is 0 Å². The van der Waals surface area contributed by atoms with E-state index in [2.05, 4.69) is 31.3 Å². The average molecular weight is 931 g/mol. The summed E-state index contributed by atoms with van der Waals surface area (Å²) in [6.07, 6.45) is 72.8. The molecule has 0 aliphatic heterocycles. The maximum Gasteiger partial charge on any atom is 0.249 e. The first-order valence-electron chi connectivity index (χ1n) is 30.2. The van der Waals surface area contributed by atoms with Crippen molar-refractivity contribution in [3.63, 3.8) is 0 Å². The minimum atomic E-state index is -1.10. The van der Waals surface area contributed by atoms with E-state index >= 15 is 0 Å². The van der Waals surface area contributed by atoms with Crippen molar-refractivity contribution in [2.24, 2.45) is 0 Å². The van der Waals surface area contributed by atoms with E-state index in [1.807, 2.05) is 6.08 Å². The van der Waals surface area contributed by atoms with Crippen LogP contribution in [0.5, 0.6) is 0 Å². The predicted molar refractivity (Wildman–Crippen MR) is 292 cm³/mol. The van der Waals surface area contributed by atoms with Crippen LogP contribution in [0.15, 0.2) is 24.3 Å². The molecule has 66 heavy (non-hydrogen) atoms. The molecule has 1 amide bonds. The number of hydrogen-bond acceptors (Lipinski definition) is 4. The van der Waals surface area contributed by atoms with E-state index in [-0.39, 0.29) is 6.61 Å². The Kier molecular flexibility index (Phi) is 55.4. The van der Waals surface area contributed by atoms with Crippen LogP contribution >= 0.6 is 0 Å². The lowest BCUT2D eigenvalue weighted by molar-refractivity contribution is -0.131.